The Bertz CT molecular complexity index is 639. The summed E-state index contributed by atoms with van der Waals surface area (Å²) in [6, 6.07) is 2.24. The zero-order chi connectivity index (χ0) is 14.4. The Labute approximate surface area is 121 Å². The summed E-state index contributed by atoms with van der Waals surface area (Å²) in [6.07, 6.45) is 5.62. The van der Waals surface area contributed by atoms with E-state index in [0.29, 0.717) is 12.3 Å². The van der Waals surface area contributed by atoms with Gasteiger partial charge in [0.15, 0.2) is 6.29 Å². The second kappa shape index (κ2) is 4.69. The normalized spacial score (nSPS) is 20.5. The number of rotatable bonds is 3. The van der Waals surface area contributed by atoms with Gasteiger partial charge in [-0.15, -0.1) is 0 Å². The van der Waals surface area contributed by atoms with Crippen molar-refractivity contribution in [2.75, 3.05) is 0 Å². The molecule has 4 heteroatoms. The SMILES string of the molecule is CC1=CC(C)C2=C(CC[C]=O)c3c(C)cc(C)n3BN12. The van der Waals surface area contributed by atoms with Crippen LogP contribution in [0.3, 0.4) is 0 Å². The topological polar surface area (TPSA) is 25.2 Å². The van der Waals surface area contributed by atoms with Crippen LogP contribution in [-0.4, -0.2) is 23.1 Å². The average molecular weight is 267 g/mol. The molecule has 2 aliphatic heterocycles. The lowest BCUT2D eigenvalue weighted by Crippen LogP contribution is -2.35. The van der Waals surface area contributed by atoms with E-state index in [9.17, 15) is 4.79 Å². The third kappa shape index (κ3) is 1.78. The molecule has 1 unspecified atom stereocenters. The van der Waals surface area contributed by atoms with E-state index >= 15 is 0 Å². The number of aromatic nitrogens is 1. The van der Waals surface area contributed by atoms with Crippen molar-refractivity contribution in [1.29, 1.82) is 0 Å². The first-order valence-electron chi connectivity index (χ1n) is 7.25. The summed E-state index contributed by atoms with van der Waals surface area (Å²) in [5.74, 6) is 0.431. The van der Waals surface area contributed by atoms with Crippen LogP contribution in [0.25, 0.3) is 5.57 Å². The molecule has 0 saturated carbocycles. The number of hydrogen-bond acceptors (Lipinski definition) is 2. The van der Waals surface area contributed by atoms with Crippen molar-refractivity contribution in [2.45, 2.75) is 40.5 Å². The molecule has 3 heterocycles. The van der Waals surface area contributed by atoms with Crippen LogP contribution in [0.4, 0.5) is 0 Å². The van der Waals surface area contributed by atoms with Gasteiger partial charge in [0.1, 0.15) is 0 Å². The van der Waals surface area contributed by atoms with E-state index in [1.807, 2.05) is 6.29 Å². The lowest BCUT2D eigenvalue weighted by molar-refractivity contribution is 0.551. The number of carbonyl (C=O) groups excluding carboxylic acids is 1. The highest BCUT2D eigenvalue weighted by Gasteiger charge is 2.34. The molecule has 0 aliphatic carbocycles. The van der Waals surface area contributed by atoms with Crippen molar-refractivity contribution < 1.29 is 4.79 Å². The molecular formula is C16H20BN2O. The molecule has 103 valence electrons. The molecule has 2 aliphatic rings. The molecule has 0 aromatic carbocycles. The Morgan fingerprint density at radius 2 is 2.10 bits per heavy atom. The Morgan fingerprint density at radius 1 is 1.35 bits per heavy atom. The summed E-state index contributed by atoms with van der Waals surface area (Å²) in [5, 5.41) is 0. The Kier molecular flexibility index (Phi) is 3.11. The van der Waals surface area contributed by atoms with Crippen molar-refractivity contribution in [2.24, 2.45) is 5.92 Å². The van der Waals surface area contributed by atoms with E-state index in [1.165, 1.54) is 33.9 Å². The molecule has 0 saturated heterocycles. The number of allylic oxidation sites excluding steroid dienone is 3. The molecule has 1 aromatic heterocycles. The largest absolute Gasteiger partial charge is 0.375 e. The summed E-state index contributed by atoms with van der Waals surface area (Å²) in [7, 11) is 0.894. The molecule has 3 nitrogen and oxygen atoms in total. The third-order valence-electron chi connectivity index (χ3n) is 4.49. The summed E-state index contributed by atoms with van der Waals surface area (Å²) in [5.41, 5.74) is 7.94. The highest BCUT2D eigenvalue weighted by molar-refractivity contribution is 6.34. The first-order chi connectivity index (χ1) is 9.54. The molecule has 1 radical (unpaired) electrons. The standard InChI is InChI=1S/C16H20BN2O/c1-10-8-12(3)18-15(10)14(6-5-7-20)16-11(2)9-13(4)19(16)17-18/h8-10,17H,5-6H2,1-4H3. The predicted octanol–water partition coefficient (Wildman–Crippen LogP) is 2.69. The van der Waals surface area contributed by atoms with Crippen molar-refractivity contribution in [3.63, 3.8) is 0 Å². The fraction of sp³-hybridized carbons (Fsp3) is 0.438. The van der Waals surface area contributed by atoms with E-state index in [0.717, 1.165) is 14.0 Å². The van der Waals surface area contributed by atoms with Crippen LogP contribution in [0.1, 0.15) is 43.6 Å². The Hall–Kier alpha value is -1.71. The molecule has 0 amide bonds. The Morgan fingerprint density at radius 3 is 2.80 bits per heavy atom. The maximum Gasteiger partial charge on any atom is 0.365 e. The van der Waals surface area contributed by atoms with E-state index in [2.05, 4.69) is 49.1 Å². The third-order valence-corrected chi connectivity index (χ3v) is 4.49. The van der Waals surface area contributed by atoms with Gasteiger partial charge in [0.25, 0.3) is 0 Å². The molecule has 0 bridgehead atoms. The van der Waals surface area contributed by atoms with Gasteiger partial charge in [-0.1, -0.05) is 13.0 Å². The first kappa shape index (κ1) is 13.3. The van der Waals surface area contributed by atoms with Crippen LogP contribution in [0.5, 0.6) is 0 Å². The minimum atomic E-state index is 0.431. The van der Waals surface area contributed by atoms with Crippen LogP contribution in [-0.2, 0) is 4.79 Å². The van der Waals surface area contributed by atoms with Crippen molar-refractivity contribution in [3.05, 3.63) is 40.5 Å². The van der Waals surface area contributed by atoms with Crippen molar-refractivity contribution in [1.82, 2.24) is 9.29 Å². The lowest BCUT2D eigenvalue weighted by atomic mass is 9.89. The molecule has 3 rings (SSSR count). The van der Waals surface area contributed by atoms with E-state index in [1.54, 1.807) is 0 Å². The van der Waals surface area contributed by atoms with Crippen LogP contribution < -0.4 is 0 Å². The lowest BCUT2D eigenvalue weighted by Gasteiger charge is -2.33. The predicted molar refractivity (Wildman–Crippen MR) is 83.1 cm³/mol. The molecule has 20 heavy (non-hydrogen) atoms. The second-order valence-electron chi connectivity index (χ2n) is 5.92. The van der Waals surface area contributed by atoms with Crippen LogP contribution in [0, 0.1) is 19.8 Å². The molecule has 1 aromatic rings. The van der Waals surface area contributed by atoms with E-state index in [-0.39, 0.29) is 0 Å². The van der Waals surface area contributed by atoms with E-state index < -0.39 is 0 Å². The maximum atomic E-state index is 10.7. The van der Waals surface area contributed by atoms with Gasteiger partial charge in [-0.2, -0.15) is 0 Å². The molecule has 1 atom stereocenters. The zero-order valence-electron chi connectivity index (χ0n) is 12.7. The van der Waals surface area contributed by atoms with Gasteiger partial charge >= 0.3 is 7.55 Å². The van der Waals surface area contributed by atoms with Gasteiger partial charge in [-0.25, -0.2) is 0 Å². The van der Waals surface area contributed by atoms with Crippen LogP contribution >= 0.6 is 0 Å². The Balaban J connectivity index is 2.19. The van der Waals surface area contributed by atoms with Gasteiger partial charge in [0.2, 0.25) is 0 Å². The zero-order valence-corrected chi connectivity index (χ0v) is 12.7. The van der Waals surface area contributed by atoms with Crippen molar-refractivity contribution in [3.8, 4) is 0 Å². The summed E-state index contributed by atoms with van der Waals surface area (Å²) >= 11 is 0. The quantitative estimate of drug-likeness (QED) is 0.787. The number of aryl methyl sites for hydroxylation is 2. The average Bonchev–Trinajstić information content (AvgIpc) is 2.85. The first-order valence-corrected chi connectivity index (χ1v) is 7.25. The fourth-order valence-electron chi connectivity index (χ4n) is 3.71. The number of fused-ring (bicyclic) bond motifs is 2. The monoisotopic (exact) mass is 267 g/mol. The molecule has 0 spiro atoms. The molecule has 0 N–H and O–H groups in total. The fourth-order valence-corrected chi connectivity index (χ4v) is 3.71. The summed E-state index contributed by atoms with van der Waals surface area (Å²) in [6.45, 7) is 8.73. The van der Waals surface area contributed by atoms with Crippen molar-refractivity contribution >= 4 is 19.4 Å². The highest BCUT2D eigenvalue weighted by atomic mass is 16.1. The second-order valence-corrected chi connectivity index (χ2v) is 5.92. The minimum absolute atomic E-state index is 0.431. The van der Waals surface area contributed by atoms with Crippen LogP contribution in [0.2, 0.25) is 0 Å². The number of nitrogens with zero attached hydrogens (tertiary/aromatic N) is 2. The van der Waals surface area contributed by atoms with Gasteiger partial charge in [0, 0.05) is 29.4 Å². The molecule has 0 fully saturated rings. The molecular weight excluding hydrogens is 247 g/mol. The highest BCUT2D eigenvalue weighted by Crippen LogP contribution is 2.41. The van der Waals surface area contributed by atoms with Gasteiger partial charge < -0.3 is 9.29 Å². The van der Waals surface area contributed by atoms with Gasteiger partial charge in [-0.05, 0) is 50.1 Å². The summed E-state index contributed by atoms with van der Waals surface area (Å²) in [4.78, 5) is 13.1. The van der Waals surface area contributed by atoms with E-state index in [4.69, 9.17) is 0 Å². The van der Waals surface area contributed by atoms with Gasteiger partial charge in [-0.3, -0.25) is 4.79 Å². The maximum absolute atomic E-state index is 10.7. The van der Waals surface area contributed by atoms with Gasteiger partial charge in [0.05, 0.1) is 0 Å². The number of hydrogen-bond donors (Lipinski definition) is 0. The summed E-state index contributed by atoms with van der Waals surface area (Å²) < 4.78 is 2.37. The minimum Gasteiger partial charge on any atom is -0.375 e. The van der Waals surface area contributed by atoms with Crippen LogP contribution in [0.15, 0.2) is 23.5 Å². The smallest absolute Gasteiger partial charge is 0.365 e.